The molecule has 0 saturated carbocycles. The molecule has 2 rings (SSSR count). The molecule has 0 spiro atoms. The fourth-order valence-electron chi connectivity index (χ4n) is 3.75. The molecule has 2 aromatic rings. The lowest BCUT2D eigenvalue weighted by molar-refractivity contribution is -0.138. The zero-order valence-corrected chi connectivity index (χ0v) is 22.3. The van der Waals surface area contributed by atoms with E-state index in [4.69, 9.17) is 0 Å². The van der Waals surface area contributed by atoms with Gasteiger partial charge in [0.2, 0.25) is 21.8 Å². The van der Waals surface area contributed by atoms with E-state index in [0.29, 0.717) is 31.1 Å². The van der Waals surface area contributed by atoms with E-state index in [1.54, 1.807) is 19.1 Å². The normalized spacial score (nSPS) is 12.3. The Balaban J connectivity index is 2.27. The van der Waals surface area contributed by atoms with E-state index in [1.165, 1.54) is 4.90 Å². The van der Waals surface area contributed by atoms with Crippen LogP contribution in [0.3, 0.4) is 0 Å². The molecular formula is C27H39N3O4S. The minimum absolute atomic E-state index is 0.243. The van der Waals surface area contributed by atoms with E-state index in [0.717, 1.165) is 34.5 Å². The molecule has 2 aromatic carbocycles. The van der Waals surface area contributed by atoms with Crippen LogP contribution in [0.15, 0.2) is 54.6 Å². The van der Waals surface area contributed by atoms with E-state index in [1.807, 2.05) is 49.4 Å². The van der Waals surface area contributed by atoms with Crippen molar-refractivity contribution < 1.29 is 18.0 Å². The quantitative estimate of drug-likeness (QED) is 0.421. The fourth-order valence-corrected chi connectivity index (χ4v) is 4.59. The number of hydrogen-bond acceptors (Lipinski definition) is 4. The summed E-state index contributed by atoms with van der Waals surface area (Å²) in [7, 11) is -3.72. The number of benzene rings is 2. The van der Waals surface area contributed by atoms with Crippen molar-refractivity contribution in [3.05, 3.63) is 65.7 Å². The Morgan fingerprint density at radius 2 is 1.60 bits per heavy atom. The number of nitrogens with one attached hydrogen (secondary N) is 1. The van der Waals surface area contributed by atoms with Crippen molar-refractivity contribution in [2.45, 2.75) is 58.9 Å². The Labute approximate surface area is 210 Å². The zero-order chi connectivity index (χ0) is 26.0. The minimum atomic E-state index is -3.72. The number of nitrogens with zero attached hydrogens (tertiary/aromatic N) is 2. The zero-order valence-electron chi connectivity index (χ0n) is 21.5. The first-order chi connectivity index (χ1) is 16.5. The van der Waals surface area contributed by atoms with Crippen LogP contribution in [0.25, 0.3) is 0 Å². The van der Waals surface area contributed by atoms with Gasteiger partial charge in [-0.3, -0.25) is 13.9 Å². The number of hydrogen-bond donors (Lipinski definition) is 1. The summed E-state index contributed by atoms with van der Waals surface area (Å²) < 4.78 is 26.4. The molecule has 1 atom stereocenters. The van der Waals surface area contributed by atoms with Gasteiger partial charge in [0.15, 0.2) is 0 Å². The van der Waals surface area contributed by atoms with Crippen molar-refractivity contribution in [3.63, 3.8) is 0 Å². The summed E-state index contributed by atoms with van der Waals surface area (Å²) in [6.45, 7) is 8.31. The van der Waals surface area contributed by atoms with E-state index >= 15 is 0 Å². The van der Waals surface area contributed by atoms with E-state index in [2.05, 4.69) is 19.2 Å². The maximum Gasteiger partial charge on any atom is 0.244 e. The summed E-state index contributed by atoms with van der Waals surface area (Å²) in [6.07, 6.45) is 3.45. The molecule has 2 amide bonds. The van der Waals surface area contributed by atoms with Gasteiger partial charge in [0.05, 0.1) is 11.9 Å². The molecular weight excluding hydrogens is 462 g/mol. The van der Waals surface area contributed by atoms with Crippen LogP contribution in [0.1, 0.15) is 57.6 Å². The third-order valence-electron chi connectivity index (χ3n) is 6.01. The molecule has 0 radical (unpaired) electrons. The molecule has 0 fully saturated rings. The van der Waals surface area contributed by atoms with Gasteiger partial charge in [-0.15, -0.1) is 0 Å². The second-order valence-electron chi connectivity index (χ2n) is 9.16. The molecule has 1 N–H and O–H groups in total. The number of rotatable bonds is 13. The Morgan fingerprint density at radius 1 is 0.971 bits per heavy atom. The maximum atomic E-state index is 13.5. The standard InChI is InChI=1S/C27H39N3O4S/c1-6-7-18-28-27(32)22(4)29(19-17-23-11-9-8-10-12-23)26(31)20-30(35(5,33)34)25-15-13-24(14-16-25)21(2)3/h8-16,21-22H,6-7,17-20H2,1-5H3,(H,28,32). The van der Waals surface area contributed by atoms with E-state index in [-0.39, 0.29) is 12.5 Å². The highest BCUT2D eigenvalue weighted by Gasteiger charge is 2.29. The van der Waals surface area contributed by atoms with Crippen molar-refractivity contribution in [3.8, 4) is 0 Å². The van der Waals surface area contributed by atoms with Gasteiger partial charge in [0, 0.05) is 13.1 Å². The third kappa shape index (κ3) is 8.69. The molecule has 0 aliphatic rings. The van der Waals surface area contributed by atoms with Crippen molar-refractivity contribution in [1.82, 2.24) is 10.2 Å². The van der Waals surface area contributed by atoms with E-state index < -0.39 is 22.0 Å². The molecule has 7 nitrogen and oxygen atoms in total. The maximum absolute atomic E-state index is 13.5. The lowest BCUT2D eigenvalue weighted by atomic mass is 10.0. The monoisotopic (exact) mass is 501 g/mol. The second-order valence-corrected chi connectivity index (χ2v) is 11.1. The Bertz CT molecular complexity index is 1050. The molecule has 0 heterocycles. The second kappa shape index (κ2) is 13.3. The molecule has 0 aliphatic heterocycles. The van der Waals surface area contributed by atoms with Gasteiger partial charge >= 0.3 is 0 Å². The smallest absolute Gasteiger partial charge is 0.244 e. The summed E-state index contributed by atoms with van der Waals surface area (Å²) >= 11 is 0. The average molecular weight is 502 g/mol. The first kappa shape index (κ1) is 28.4. The van der Waals surface area contributed by atoms with Gasteiger partial charge in [-0.05, 0) is 48.9 Å². The topological polar surface area (TPSA) is 86.8 Å². The highest BCUT2D eigenvalue weighted by atomic mass is 32.2. The number of carbonyl (C=O) groups excluding carboxylic acids is 2. The Kier molecular flexibility index (Phi) is 10.8. The van der Waals surface area contributed by atoms with Crippen LogP contribution in [0.2, 0.25) is 0 Å². The Hall–Kier alpha value is -2.87. The van der Waals surface area contributed by atoms with E-state index in [9.17, 15) is 18.0 Å². The number of carbonyl (C=O) groups is 2. The first-order valence-electron chi connectivity index (χ1n) is 12.2. The van der Waals surface area contributed by atoms with Crippen LogP contribution in [-0.2, 0) is 26.0 Å². The van der Waals surface area contributed by atoms with Crippen molar-refractivity contribution in [2.24, 2.45) is 0 Å². The third-order valence-corrected chi connectivity index (χ3v) is 7.15. The fraction of sp³-hybridized carbons (Fsp3) is 0.481. The van der Waals surface area contributed by atoms with Gasteiger partial charge in [0.25, 0.3) is 0 Å². The molecule has 8 heteroatoms. The Morgan fingerprint density at radius 3 is 2.14 bits per heavy atom. The van der Waals surface area contributed by atoms with Crippen LogP contribution >= 0.6 is 0 Å². The summed E-state index contributed by atoms with van der Waals surface area (Å²) in [5, 5.41) is 2.88. The predicted octanol–water partition coefficient (Wildman–Crippen LogP) is 3.95. The van der Waals surface area contributed by atoms with Crippen LogP contribution in [-0.4, -0.2) is 57.1 Å². The summed E-state index contributed by atoms with van der Waals surface area (Å²) in [6, 6.07) is 16.2. The van der Waals surface area contributed by atoms with Crippen LogP contribution in [0.4, 0.5) is 5.69 Å². The van der Waals surface area contributed by atoms with Crippen molar-refractivity contribution in [2.75, 3.05) is 30.2 Å². The molecule has 1 unspecified atom stereocenters. The average Bonchev–Trinajstić information content (AvgIpc) is 2.82. The number of sulfonamides is 1. The van der Waals surface area contributed by atoms with Crippen molar-refractivity contribution in [1.29, 1.82) is 0 Å². The van der Waals surface area contributed by atoms with Crippen LogP contribution in [0, 0.1) is 0 Å². The van der Waals surface area contributed by atoms with Crippen LogP contribution in [0.5, 0.6) is 0 Å². The molecule has 0 aliphatic carbocycles. The lowest BCUT2D eigenvalue weighted by Crippen LogP contribution is -2.52. The van der Waals surface area contributed by atoms with Gasteiger partial charge in [0.1, 0.15) is 12.6 Å². The lowest BCUT2D eigenvalue weighted by Gasteiger charge is -2.31. The highest BCUT2D eigenvalue weighted by molar-refractivity contribution is 7.92. The van der Waals surface area contributed by atoms with Crippen LogP contribution < -0.4 is 9.62 Å². The molecule has 0 bridgehead atoms. The van der Waals surface area contributed by atoms with Gasteiger partial charge in [-0.2, -0.15) is 0 Å². The SMILES string of the molecule is CCCCNC(=O)C(C)N(CCc1ccccc1)C(=O)CN(c1ccc(C(C)C)cc1)S(C)(=O)=O. The number of unbranched alkanes of at least 4 members (excludes halogenated alkanes) is 1. The molecule has 35 heavy (non-hydrogen) atoms. The highest BCUT2D eigenvalue weighted by Crippen LogP contribution is 2.22. The van der Waals surface area contributed by atoms with Gasteiger partial charge in [-0.25, -0.2) is 8.42 Å². The molecule has 192 valence electrons. The summed E-state index contributed by atoms with van der Waals surface area (Å²) in [5.41, 5.74) is 2.54. The molecule has 0 saturated heterocycles. The largest absolute Gasteiger partial charge is 0.354 e. The number of amides is 2. The predicted molar refractivity (Wildman–Crippen MR) is 142 cm³/mol. The van der Waals surface area contributed by atoms with Crippen molar-refractivity contribution >= 4 is 27.5 Å². The summed E-state index contributed by atoms with van der Waals surface area (Å²) in [4.78, 5) is 27.8. The summed E-state index contributed by atoms with van der Waals surface area (Å²) in [5.74, 6) is -0.359. The number of anilines is 1. The first-order valence-corrected chi connectivity index (χ1v) is 14.1. The van der Waals surface area contributed by atoms with Gasteiger partial charge < -0.3 is 10.2 Å². The minimum Gasteiger partial charge on any atom is -0.354 e. The van der Waals surface area contributed by atoms with Gasteiger partial charge in [-0.1, -0.05) is 69.7 Å². The molecule has 0 aromatic heterocycles.